The van der Waals surface area contributed by atoms with E-state index in [9.17, 15) is 9.36 Å². The predicted octanol–water partition coefficient (Wildman–Crippen LogP) is 2.64. The summed E-state index contributed by atoms with van der Waals surface area (Å²) in [4.78, 5) is 11.8. The van der Waals surface area contributed by atoms with Crippen molar-refractivity contribution in [1.29, 1.82) is 0 Å². The van der Waals surface area contributed by atoms with Gasteiger partial charge in [0.2, 0.25) is 0 Å². The van der Waals surface area contributed by atoms with E-state index in [1.54, 1.807) is 38.1 Å². The number of hydrogen-bond donors (Lipinski definition) is 1. The van der Waals surface area contributed by atoms with E-state index in [1.807, 2.05) is 6.07 Å². The molecule has 0 aliphatic heterocycles. The molecule has 0 aliphatic carbocycles. The summed E-state index contributed by atoms with van der Waals surface area (Å²) in [5, 5.41) is 2.56. The molecule has 0 heterocycles. The van der Waals surface area contributed by atoms with Gasteiger partial charge in [0.1, 0.15) is 6.29 Å². The lowest BCUT2D eigenvalue weighted by Crippen LogP contribution is -2.25. The number of amides is 1. The fourth-order valence-electron chi connectivity index (χ4n) is 1.38. The SMILES string of the molecule is CCOP(=O)(CNC(=O)c1ccccc1)OCC. The maximum absolute atomic E-state index is 12.1. The molecule has 0 aromatic heterocycles. The van der Waals surface area contributed by atoms with E-state index in [1.165, 1.54) is 0 Å². The van der Waals surface area contributed by atoms with Crippen LogP contribution in [0.2, 0.25) is 0 Å². The Hall–Kier alpha value is -1.16. The number of benzene rings is 1. The maximum atomic E-state index is 12.1. The Morgan fingerprint density at radius 2 is 1.72 bits per heavy atom. The van der Waals surface area contributed by atoms with Gasteiger partial charge in [0.05, 0.1) is 13.2 Å². The predicted molar refractivity (Wildman–Crippen MR) is 69.6 cm³/mol. The van der Waals surface area contributed by atoms with Crippen LogP contribution in [0.3, 0.4) is 0 Å². The Morgan fingerprint density at radius 1 is 1.17 bits per heavy atom. The molecule has 0 bridgehead atoms. The number of nitrogens with one attached hydrogen (secondary N) is 1. The second-order valence-corrected chi connectivity index (χ2v) is 5.53. The second-order valence-electron chi connectivity index (χ2n) is 3.48. The van der Waals surface area contributed by atoms with Crippen LogP contribution in [-0.2, 0) is 13.6 Å². The van der Waals surface area contributed by atoms with Gasteiger partial charge in [0.25, 0.3) is 5.91 Å². The van der Waals surface area contributed by atoms with Crippen molar-refractivity contribution in [2.75, 3.05) is 19.5 Å². The molecule has 0 saturated carbocycles. The minimum Gasteiger partial charge on any atom is -0.340 e. The smallest absolute Gasteiger partial charge is 0.340 e. The number of rotatable bonds is 7. The van der Waals surface area contributed by atoms with Crippen molar-refractivity contribution < 1.29 is 18.4 Å². The van der Waals surface area contributed by atoms with Crippen molar-refractivity contribution in [3.05, 3.63) is 35.9 Å². The molecular weight excluding hydrogens is 253 g/mol. The largest absolute Gasteiger partial charge is 0.349 e. The fraction of sp³-hybridized carbons (Fsp3) is 0.417. The molecule has 0 atom stereocenters. The highest BCUT2D eigenvalue weighted by Crippen LogP contribution is 2.46. The van der Waals surface area contributed by atoms with Crippen LogP contribution in [-0.4, -0.2) is 25.4 Å². The zero-order chi connectivity index (χ0) is 13.4. The third-order valence-corrected chi connectivity index (χ3v) is 3.97. The van der Waals surface area contributed by atoms with Crippen LogP contribution < -0.4 is 5.32 Å². The zero-order valence-electron chi connectivity index (χ0n) is 10.6. The summed E-state index contributed by atoms with van der Waals surface area (Å²) in [5.74, 6) is -0.296. The van der Waals surface area contributed by atoms with Gasteiger partial charge < -0.3 is 14.4 Å². The first kappa shape index (κ1) is 14.9. The van der Waals surface area contributed by atoms with Crippen LogP contribution in [0.25, 0.3) is 0 Å². The lowest BCUT2D eigenvalue weighted by molar-refractivity contribution is 0.0954. The molecule has 0 radical (unpaired) electrons. The van der Waals surface area contributed by atoms with Crippen molar-refractivity contribution in [3.63, 3.8) is 0 Å². The Morgan fingerprint density at radius 3 is 2.22 bits per heavy atom. The van der Waals surface area contributed by atoms with Gasteiger partial charge in [-0.2, -0.15) is 0 Å². The summed E-state index contributed by atoms with van der Waals surface area (Å²) in [6.07, 6.45) is -0.123. The minimum absolute atomic E-state index is 0.123. The molecule has 0 spiro atoms. The molecule has 100 valence electrons. The summed E-state index contributed by atoms with van der Waals surface area (Å²) in [5.41, 5.74) is 0.511. The van der Waals surface area contributed by atoms with E-state index in [4.69, 9.17) is 9.05 Å². The molecule has 1 N–H and O–H groups in total. The lowest BCUT2D eigenvalue weighted by atomic mass is 10.2. The molecule has 0 aliphatic rings. The second kappa shape index (κ2) is 7.31. The minimum atomic E-state index is -3.23. The average Bonchev–Trinajstić information content (AvgIpc) is 2.38. The number of carbonyl (C=O) groups excluding carboxylic acids is 1. The molecule has 0 saturated heterocycles. The Kier molecular flexibility index (Phi) is 6.05. The van der Waals surface area contributed by atoms with Crippen molar-refractivity contribution in [2.24, 2.45) is 0 Å². The molecule has 6 heteroatoms. The standard InChI is InChI=1S/C12H18NO4P/c1-3-16-18(15,17-4-2)10-13-12(14)11-8-6-5-7-9-11/h5-9H,3-4,10H2,1-2H3,(H,13,14). The van der Waals surface area contributed by atoms with Crippen LogP contribution >= 0.6 is 7.60 Å². The molecule has 1 aromatic carbocycles. The van der Waals surface area contributed by atoms with Crippen LogP contribution in [0.1, 0.15) is 24.2 Å². The summed E-state index contributed by atoms with van der Waals surface area (Å²) in [7, 11) is -3.23. The molecule has 1 aromatic rings. The van der Waals surface area contributed by atoms with E-state index in [-0.39, 0.29) is 25.4 Å². The van der Waals surface area contributed by atoms with Gasteiger partial charge >= 0.3 is 7.60 Å². The molecule has 0 unspecified atom stereocenters. The summed E-state index contributed by atoms with van der Waals surface area (Å²) < 4.78 is 22.2. The quantitative estimate of drug-likeness (QED) is 0.774. The van der Waals surface area contributed by atoms with Crippen molar-refractivity contribution in [2.45, 2.75) is 13.8 Å². The molecule has 0 fully saturated rings. The van der Waals surface area contributed by atoms with Crippen LogP contribution in [0.4, 0.5) is 0 Å². The topological polar surface area (TPSA) is 64.6 Å². The van der Waals surface area contributed by atoms with Gasteiger partial charge in [-0.15, -0.1) is 0 Å². The first-order valence-corrected chi connectivity index (χ1v) is 7.55. The van der Waals surface area contributed by atoms with E-state index in [0.717, 1.165) is 0 Å². The van der Waals surface area contributed by atoms with Gasteiger partial charge in [-0.05, 0) is 26.0 Å². The highest BCUT2D eigenvalue weighted by Gasteiger charge is 2.24. The molecule has 18 heavy (non-hydrogen) atoms. The lowest BCUT2D eigenvalue weighted by Gasteiger charge is -2.17. The van der Waals surface area contributed by atoms with E-state index in [0.29, 0.717) is 5.56 Å². The Labute approximate surface area is 107 Å². The van der Waals surface area contributed by atoms with Crippen molar-refractivity contribution >= 4 is 13.5 Å². The van der Waals surface area contributed by atoms with Crippen LogP contribution in [0.15, 0.2) is 30.3 Å². The van der Waals surface area contributed by atoms with Gasteiger partial charge in [0, 0.05) is 5.56 Å². The van der Waals surface area contributed by atoms with E-state index >= 15 is 0 Å². The van der Waals surface area contributed by atoms with E-state index < -0.39 is 7.60 Å². The van der Waals surface area contributed by atoms with Gasteiger partial charge in [-0.1, -0.05) is 18.2 Å². The molecule has 5 nitrogen and oxygen atoms in total. The van der Waals surface area contributed by atoms with E-state index in [2.05, 4.69) is 5.32 Å². The summed E-state index contributed by atoms with van der Waals surface area (Å²) in [6, 6.07) is 8.71. The number of carbonyl (C=O) groups is 1. The zero-order valence-corrected chi connectivity index (χ0v) is 11.5. The third kappa shape index (κ3) is 4.61. The molecule has 1 amide bonds. The Bertz CT molecular complexity index is 411. The normalized spacial score (nSPS) is 11.2. The average molecular weight is 271 g/mol. The maximum Gasteiger partial charge on any atom is 0.349 e. The highest BCUT2D eigenvalue weighted by atomic mass is 31.2. The third-order valence-electron chi connectivity index (χ3n) is 2.12. The molecule has 1 rings (SSSR count). The van der Waals surface area contributed by atoms with Crippen LogP contribution in [0, 0.1) is 0 Å². The van der Waals surface area contributed by atoms with Crippen molar-refractivity contribution in [1.82, 2.24) is 5.32 Å². The first-order valence-electron chi connectivity index (χ1n) is 5.82. The van der Waals surface area contributed by atoms with Gasteiger partial charge in [0.15, 0.2) is 0 Å². The Balaban J connectivity index is 2.58. The van der Waals surface area contributed by atoms with Crippen molar-refractivity contribution in [3.8, 4) is 0 Å². The summed E-state index contributed by atoms with van der Waals surface area (Å²) >= 11 is 0. The van der Waals surface area contributed by atoms with Crippen LogP contribution in [0.5, 0.6) is 0 Å². The fourth-order valence-corrected chi connectivity index (χ4v) is 2.76. The first-order chi connectivity index (χ1) is 8.61. The number of hydrogen-bond acceptors (Lipinski definition) is 4. The monoisotopic (exact) mass is 271 g/mol. The van der Waals surface area contributed by atoms with Gasteiger partial charge in [-0.3, -0.25) is 9.36 Å². The molecular formula is C12H18NO4P. The highest BCUT2D eigenvalue weighted by molar-refractivity contribution is 7.53. The van der Waals surface area contributed by atoms with Gasteiger partial charge in [-0.25, -0.2) is 0 Å². The summed E-state index contributed by atoms with van der Waals surface area (Å²) in [6.45, 7) is 4.01.